The van der Waals surface area contributed by atoms with E-state index in [0.29, 0.717) is 31.4 Å². The van der Waals surface area contributed by atoms with Gasteiger partial charge in [-0.3, -0.25) is 4.79 Å². The highest BCUT2D eigenvalue weighted by molar-refractivity contribution is 5.91. The molecule has 1 saturated heterocycles. The van der Waals surface area contributed by atoms with Crippen LogP contribution in [0.3, 0.4) is 0 Å². The van der Waals surface area contributed by atoms with Crippen LogP contribution in [0.2, 0.25) is 0 Å². The number of nitrogens with zero attached hydrogens (tertiary/aromatic N) is 1. The number of hydrogen-bond acceptors (Lipinski definition) is 4. The maximum Gasteiger partial charge on any atom is 0.292 e. The highest BCUT2D eigenvalue weighted by Gasteiger charge is 2.24. The van der Waals surface area contributed by atoms with Crippen molar-refractivity contribution in [3.05, 3.63) is 12.0 Å². The van der Waals surface area contributed by atoms with E-state index in [1.54, 1.807) is 0 Å². The normalized spacial score (nSPS) is 20.6. The van der Waals surface area contributed by atoms with Gasteiger partial charge in [0, 0.05) is 13.1 Å². The molecule has 1 amide bonds. The Kier molecular flexibility index (Phi) is 4.87. The fourth-order valence-electron chi connectivity index (χ4n) is 2.37. The number of carbonyl (C=O) groups excluding carboxylic acids is 1. The lowest BCUT2D eigenvalue weighted by molar-refractivity contribution is -0.132. The largest absolute Gasteiger partial charge is 0.494 e. The number of ether oxygens (including phenoxy) is 2. The quantitative estimate of drug-likeness (QED) is 0.803. The van der Waals surface area contributed by atoms with Gasteiger partial charge in [-0.25, -0.2) is 0 Å². The summed E-state index contributed by atoms with van der Waals surface area (Å²) in [6.07, 6.45) is 3.72. The van der Waals surface area contributed by atoms with E-state index >= 15 is 0 Å². The summed E-state index contributed by atoms with van der Waals surface area (Å²) in [5, 5.41) is 3.34. The van der Waals surface area contributed by atoms with Gasteiger partial charge in [-0.05, 0) is 38.8 Å². The SMILES string of the molecule is CCN(CC1CCNCC1)C(=O)C1=COCCO1. The molecule has 1 fully saturated rings. The zero-order valence-electron chi connectivity index (χ0n) is 11.0. The zero-order valence-corrected chi connectivity index (χ0v) is 11.0. The minimum atomic E-state index is -0.0456. The Labute approximate surface area is 108 Å². The van der Waals surface area contributed by atoms with Gasteiger partial charge in [0.25, 0.3) is 5.91 Å². The van der Waals surface area contributed by atoms with Crippen LogP contribution in [0.25, 0.3) is 0 Å². The second-order valence-corrected chi connectivity index (χ2v) is 4.74. The van der Waals surface area contributed by atoms with Crippen molar-refractivity contribution in [2.75, 3.05) is 39.4 Å². The summed E-state index contributed by atoms with van der Waals surface area (Å²) in [5.41, 5.74) is 0. The Bertz CT molecular complexity index is 311. The van der Waals surface area contributed by atoms with Gasteiger partial charge < -0.3 is 19.7 Å². The first-order valence-electron chi connectivity index (χ1n) is 6.75. The van der Waals surface area contributed by atoms with E-state index in [-0.39, 0.29) is 5.91 Å². The van der Waals surface area contributed by atoms with Crippen LogP contribution < -0.4 is 5.32 Å². The molecule has 0 spiro atoms. The Morgan fingerprint density at radius 3 is 2.83 bits per heavy atom. The fourth-order valence-corrected chi connectivity index (χ4v) is 2.37. The Hall–Kier alpha value is -1.23. The van der Waals surface area contributed by atoms with Crippen molar-refractivity contribution in [2.24, 2.45) is 5.92 Å². The average molecular weight is 254 g/mol. The minimum Gasteiger partial charge on any atom is -0.494 e. The van der Waals surface area contributed by atoms with Gasteiger partial charge in [0.2, 0.25) is 5.76 Å². The van der Waals surface area contributed by atoms with Crippen molar-refractivity contribution in [3.63, 3.8) is 0 Å². The Balaban J connectivity index is 1.90. The summed E-state index contributed by atoms with van der Waals surface area (Å²) in [6.45, 7) is 6.63. The van der Waals surface area contributed by atoms with E-state index in [4.69, 9.17) is 9.47 Å². The van der Waals surface area contributed by atoms with Gasteiger partial charge in [-0.2, -0.15) is 0 Å². The first kappa shape index (κ1) is 13.2. The predicted octanol–water partition coefficient (Wildman–Crippen LogP) is 0.723. The van der Waals surface area contributed by atoms with E-state index in [2.05, 4.69) is 5.32 Å². The first-order valence-corrected chi connectivity index (χ1v) is 6.75. The highest BCUT2D eigenvalue weighted by atomic mass is 16.6. The van der Waals surface area contributed by atoms with Crippen LogP contribution in [0.1, 0.15) is 19.8 Å². The molecule has 5 nitrogen and oxygen atoms in total. The molecule has 0 aliphatic carbocycles. The van der Waals surface area contributed by atoms with E-state index < -0.39 is 0 Å². The van der Waals surface area contributed by atoms with E-state index in [1.807, 2.05) is 11.8 Å². The van der Waals surface area contributed by atoms with Crippen molar-refractivity contribution >= 4 is 5.91 Å². The van der Waals surface area contributed by atoms with Crippen molar-refractivity contribution in [1.29, 1.82) is 0 Å². The standard InChI is InChI=1S/C13H22N2O3/c1-2-15(9-11-3-5-14-6-4-11)13(16)12-10-17-7-8-18-12/h10-11,14H,2-9H2,1H3. The molecule has 0 radical (unpaired) electrons. The molecule has 2 aliphatic rings. The van der Waals surface area contributed by atoms with Crippen molar-refractivity contribution in [1.82, 2.24) is 10.2 Å². The smallest absolute Gasteiger partial charge is 0.292 e. The second kappa shape index (κ2) is 6.64. The van der Waals surface area contributed by atoms with E-state index in [0.717, 1.165) is 32.5 Å². The molecule has 0 aromatic carbocycles. The second-order valence-electron chi connectivity index (χ2n) is 4.74. The molecule has 2 aliphatic heterocycles. The molecular formula is C13H22N2O3. The molecule has 0 bridgehead atoms. The number of amides is 1. The third-order valence-corrected chi connectivity index (χ3v) is 3.47. The molecule has 0 saturated carbocycles. The lowest BCUT2D eigenvalue weighted by Gasteiger charge is -2.30. The number of nitrogens with one attached hydrogen (secondary N) is 1. The maximum atomic E-state index is 12.2. The van der Waals surface area contributed by atoms with Gasteiger partial charge in [0.05, 0.1) is 0 Å². The molecule has 18 heavy (non-hydrogen) atoms. The van der Waals surface area contributed by atoms with Gasteiger partial charge in [0.15, 0.2) is 0 Å². The lowest BCUT2D eigenvalue weighted by atomic mass is 9.97. The summed E-state index contributed by atoms with van der Waals surface area (Å²) in [5.74, 6) is 0.896. The van der Waals surface area contributed by atoms with E-state index in [9.17, 15) is 4.79 Å². The summed E-state index contributed by atoms with van der Waals surface area (Å²) < 4.78 is 10.5. The van der Waals surface area contributed by atoms with Gasteiger partial charge in [0.1, 0.15) is 19.5 Å². The van der Waals surface area contributed by atoms with Crippen molar-refractivity contribution in [3.8, 4) is 0 Å². The van der Waals surface area contributed by atoms with E-state index in [1.165, 1.54) is 6.26 Å². The average Bonchev–Trinajstić information content (AvgIpc) is 2.46. The van der Waals surface area contributed by atoms with Crippen LogP contribution in [-0.2, 0) is 14.3 Å². The molecule has 2 rings (SSSR count). The van der Waals surface area contributed by atoms with Gasteiger partial charge in [-0.15, -0.1) is 0 Å². The molecule has 0 unspecified atom stereocenters. The van der Waals surface area contributed by atoms with Gasteiger partial charge >= 0.3 is 0 Å². The molecule has 5 heteroatoms. The van der Waals surface area contributed by atoms with Crippen LogP contribution in [0.5, 0.6) is 0 Å². The number of piperidine rings is 1. The van der Waals surface area contributed by atoms with Crippen molar-refractivity contribution in [2.45, 2.75) is 19.8 Å². The van der Waals surface area contributed by atoms with Crippen LogP contribution in [0, 0.1) is 5.92 Å². The Morgan fingerprint density at radius 1 is 1.44 bits per heavy atom. The summed E-state index contributed by atoms with van der Waals surface area (Å²) in [7, 11) is 0. The van der Waals surface area contributed by atoms with Gasteiger partial charge in [-0.1, -0.05) is 0 Å². The topological polar surface area (TPSA) is 50.8 Å². The number of likely N-dealkylation sites (N-methyl/N-ethyl adjacent to an activating group) is 1. The number of rotatable bonds is 4. The maximum absolute atomic E-state index is 12.2. The summed E-state index contributed by atoms with van der Waals surface area (Å²) in [4.78, 5) is 14.1. The molecule has 0 aromatic heterocycles. The fraction of sp³-hybridized carbons (Fsp3) is 0.769. The molecule has 2 heterocycles. The van der Waals surface area contributed by atoms with Crippen molar-refractivity contribution < 1.29 is 14.3 Å². The predicted molar refractivity (Wildman–Crippen MR) is 67.8 cm³/mol. The monoisotopic (exact) mass is 254 g/mol. The molecule has 0 atom stereocenters. The molecule has 0 aromatic rings. The lowest BCUT2D eigenvalue weighted by Crippen LogP contribution is -2.40. The molecule has 1 N–H and O–H groups in total. The van der Waals surface area contributed by atoms with Crippen LogP contribution in [0.4, 0.5) is 0 Å². The number of carbonyl (C=O) groups is 1. The minimum absolute atomic E-state index is 0.0456. The first-order chi connectivity index (χ1) is 8.81. The third kappa shape index (κ3) is 3.38. The summed E-state index contributed by atoms with van der Waals surface area (Å²) in [6, 6.07) is 0. The van der Waals surface area contributed by atoms with Crippen LogP contribution in [-0.4, -0.2) is 50.2 Å². The molecular weight excluding hydrogens is 232 g/mol. The third-order valence-electron chi connectivity index (χ3n) is 3.47. The summed E-state index contributed by atoms with van der Waals surface area (Å²) >= 11 is 0. The highest BCUT2D eigenvalue weighted by Crippen LogP contribution is 2.16. The van der Waals surface area contributed by atoms with Crippen LogP contribution >= 0.6 is 0 Å². The van der Waals surface area contributed by atoms with Crippen LogP contribution in [0.15, 0.2) is 12.0 Å². The molecule has 102 valence electrons. The number of hydrogen-bond donors (Lipinski definition) is 1. The zero-order chi connectivity index (χ0) is 12.8. The Morgan fingerprint density at radius 2 is 2.22 bits per heavy atom.